The topological polar surface area (TPSA) is 714 Å². The number of amides is 3. The van der Waals surface area contributed by atoms with Crippen molar-refractivity contribution in [2.45, 2.75) is 205 Å². The molecule has 0 spiro atoms. The number of aliphatic carboxylic acids is 3. The molecule has 0 aliphatic carbocycles. The summed E-state index contributed by atoms with van der Waals surface area (Å²) < 4.78 is 177. The zero-order valence-electron chi connectivity index (χ0n) is 46.4. The number of nitrogens with one attached hydrogen (secondary N) is 3. The number of carboxylic acid groups (broad SMARTS) is 3. The maximum atomic E-state index is 13.1. The minimum Gasteiger partial charge on any atom is -0.479 e. The van der Waals surface area contributed by atoms with Crippen LogP contribution in [0.1, 0.15) is 20.8 Å². The molecule has 1 unspecified atom stereocenters. The molecule has 0 saturated carbocycles. The van der Waals surface area contributed by atoms with Crippen LogP contribution < -0.4 is 16.0 Å². The molecular weight excluding hydrogens is 1330 g/mol. The first-order valence-corrected chi connectivity index (χ1v) is 30.2. The van der Waals surface area contributed by atoms with E-state index in [9.17, 15) is 139 Å². The fourth-order valence-electron chi connectivity index (χ4n) is 10.4. The highest BCUT2D eigenvalue weighted by Gasteiger charge is 2.61. The second-order valence-electron chi connectivity index (χ2n) is 20.6. The van der Waals surface area contributed by atoms with Gasteiger partial charge in [0.2, 0.25) is 17.7 Å². The van der Waals surface area contributed by atoms with E-state index in [1.54, 1.807) is 0 Å². The van der Waals surface area contributed by atoms with Crippen LogP contribution in [-0.2, 0) is 125 Å². The van der Waals surface area contributed by atoms with Crippen molar-refractivity contribution < 1.29 is 204 Å². The van der Waals surface area contributed by atoms with Crippen molar-refractivity contribution in [2.24, 2.45) is 0 Å². The summed E-state index contributed by atoms with van der Waals surface area (Å²) in [5, 5.41) is 157. The number of aliphatic hydroxyl groups excluding tert-OH is 11. The highest BCUT2D eigenvalue weighted by Crippen LogP contribution is 2.39. The van der Waals surface area contributed by atoms with Crippen molar-refractivity contribution in [3.05, 3.63) is 0 Å². The summed E-state index contributed by atoms with van der Waals surface area (Å²) in [7, 11) is -17.2. The molecule has 46 nitrogen and oxygen atoms in total. The third-order valence-corrected chi connectivity index (χ3v) is 15.5. The van der Waals surface area contributed by atoms with Gasteiger partial charge in [0.1, 0.15) is 128 Å². The molecular formula is C42H65N3O43S3. The largest absolute Gasteiger partial charge is 0.479 e. The van der Waals surface area contributed by atoms with Crippen molar-refractivity contribution in [1.82, 2.24) is 16.0 Å². The van der Waals surface area contributed by atoms with E-state index in [4.69, 9.17) is 56.3 Å². The summed E-state index contributed by atoms with van der Waals surface area (Å²) >= 11 is 0. The number of ether oxygens (including phenoxy) is 11. The fraction of sp³-hybridized carbons (Fsp3) is 0.857. The third kappa shape index (κ3) is 18.3. The Bertz CT molecular complexity index is 2920. The Kier molecular flexibility index (Phi) is 25.3. The number of carbonyl (C=O) groups excluding carboxylic acids is 3. The average molecular weight is 1400 g/mol. The molecule has 30 atom stereocenters. The van der Waals surface area contributed by atoms with E-state index >= 15 is 0 Å². The minimum absolute atomic E-state index is 0.718. The molecule has 6 saturated heterocycles. The van der Waals surface area contributed by atoms with Gasteiger partial charge in [-0.1, -0.05) is 0 Å². The van der Waals surface area contributed by atoms with Gasteiger partial charge in [0.05, 0.1) is 19.8 Å². The smallest absolute Gasteiger partial charge is 0.397 e. The molecule has 6 fully saturated rings. The molecule has 6 aliphatic rings. The van der Waals surface area contributed by atoms with E-state index in [1.165, 1.54) is 0 Å². The molecule has 49 heteroatoms. The van der Waals surface area contributed by atoms with Gasteiger partial charge in [-0.2, -0.15) is 25.3 Å². The first-order valence-electron chi connectivity index (χ1n) is 26.1. The number of aliphatic hydroxyl groups is 11. The van der Waals surface area contributed by atoms with Crippen molar-refractivity contribution in [3.8, 4) is 0 Å². The van der Waals surface area contributed by atoms with Crippen LogP contribution in [0.25, 0.3) is 0 Å². The Balaban J connectivity index is 1.35. The Hall–Kier alpha value is -4.45. The number of carbonyl (C=O) groups is 6. The molecule has 0 radical (unpaired) electrons. The zero-order valence-corrected chi connectivity index (χ0v) is 48.8. The van der Waals surface area contributed by atoms with Crippen molar-refractivity contribution in [3.63, 3.8) is 0 Å². The Labute approximate surface area is 510 Å². The summed E-state index contributed by atoms with van der Waals surface area (Å²) in [5.41, 5.74) is 0. The Morgan fingerprint density at radius 2 is 0.626 bits per heavy atom. The van der Waals surface area contributed by atoms with E-state index in [0.29, 0.717) is 0 Å². The number of rotatable bonds is 25. The summed E-state index contributed by atoms with van der Waals surface area (Å²) in [4.78, 5) is 76.0. The quantitative estimate of drug-likeness (QED) is 0.0377. The van der Waals surface area contributed by atoms with Crippen LogP contribution in [0.3, 0.4) is 0 Å². The van der Waals surface area contributed by atoms with Gasteiger partial charge in [-0.3, -0.25) is 28.0 Å². The van der Waals surface area contributed by atoms with Gasteiger partial charge in [0, 0.05) is 20.8 Å². The van der Waals surface area contributed by atoms with Crippen molar-refractivity contribution in [1.29, 1.82) is 0 Å². The molecule has 0 bridgehead atoms. The molecule has 524 valence electrons. The van der Waals surface area contributed by atoms with E-state index < -0.39 is 271 Å². The first kappa shape index (κ1) is 75.6. The maximum absolute atomic E-state index is 13.1. The SMILES string of the molecule is CC(=O)N[C@H]1[C@H](O[C@H]2[C@H](O)[C@@H](O)[C@H](O[C@@H]3[C@@H](NC(C)=O)[C@H](O[C@H]4[C@H](O)[C@@H](O)[C@H](O[C@H]5[C@@H](OS(=O)(=O)O)[C@@H](CO)OC(O)[C@@H]5NC(C)=O)O[C@@H]4C(=O)O)O[C@H](CO)[C@@H]3OS(=O)(=O)O)O[C@@H]2C(=O)O)O[C@H](CO)[C@H](OS(=O)(=O)O)[C@@H]1O[C@@H]1O[C@H](C(=O)O)[C@@H](O)[C@H](O)[C@H]1O. The normalized spacial score (nSPS) is 42.6. The highest BCUT2D eigenvalue weighted by molar-refractivity contribution is 7.81. The van der Waals surface area contributed by atoms with Crippen LogP contribution in [0.2, 0.25) is 0 Å². The van der Waals surface area contributed by atoms with E-state index in [0.717, 1.165) is 20.8 Å². The van der Waals surface area contributed by atoms with E-state index in [-0.39, 0.29) is 0 Å². The average Bonchev–Trinajstić information content (AvgIpc) is 0.837. The van der Waals surface area contributed by atoms with Crippen LogP contribution in [-0.4, -0.2) is 350 Å². The lowest BCUT2D eigenvalue weighted by Gasteiger charge is -2.51. The molecule has 6 aliphatic heterocycles. The molecule has 0 aromatic carbocycles. The van der Waals surface area contributed by atoms with Gasteiger partial charge in [0.15, 0.2) is 56.1 Å². The monoisotopic (exact) mass is 1400 g/mol. The van der Waals surface area contributed by atoms with E-state index in [1.807, 2.05) is 0 Å². The summed E-state index contributed by atoms with van der Waals surface area (Å²) in [6.45, 7) is -1.86. The lowest BCUT2D eigenvalue weighted by atomic mass is 9.93. The fourth-order valence-corrected chi connectivity index (χ4v) is 11.9. The molecule has 6 heterocycles. The number of hydrogen-bond donors (Lipinski definition) is 20. The molecule has 91 heavy (non-hydrogen) atoms. The van der Waals surface area contributed by atoms with Gasteiger partial charge in [-0.05, 0) is 0 Å². The van der Waals surface area contributed by atoms with Crippen LogP contribution >= 0.6 is 0 Å². The van der Waals surface area contributed by atoms with Gasteiger partial charge >= 0.3 is 49.1 Å². The summed E-state index contributed by atoms with van der Waals surface area (Å²) in [6.07, 6.45) is -68.1. The Morgan fingerprint density at radius 1 is 0.352 bits per heavy atom. The van der Waals surface area contributed by atoms with Crippen LogP contribution in [0.5, 0.6) is 0 Å². The third-order valence-electron chi connectivity index (χ3n) is 14.2. The van der Waals surface area contributed by atoms with Gasteiger partial charge < -0.3 is 140 Å². The highest BCUT2D eigenvalue weighted by atomic mass is 32.3. The lowest BCUT2D eigenvalue weighted by Crippen LogP contribution is -2.72. The van der Waals surface area contributed by atoms with Crippen molar-refractivity contribution in [2.75, 3.05) is 19.8 Å². The standard InChI is InChI=1S/C42H65N3O43S3/c1-7(49)43-13-26(23(86-89(66,67)68)10(4-46)75-37(13)65)78-41-21(57)18(54)29(32(84-41)35(61)62)81-39-15(45-9(3)51)28(25(12(6-48)77-39)88-91(72,73)74)80-42-22(58)19(55)30(33(85-42)36(63)64)82-38-14(44-8(2)50)27(24(11(5-47)76-38)87-90(69,70)71)79-40-20(56)16(52)17(53)31(83-40)34(59)60/h10-33,37-42,46-48,52-58,65H,4-6H2,1-3H3,(H,43,49)(H,44,50)(H,45,51)(H,59,60)(H,61,62)(H,63,64)(H,66,67,68)(H,69,70,71)(H,72,73,74)/t10-,11-,12-,13-,14-,15-,16+,17+,18-,19-,20-,21-,22-,23+,24+,25+,26-,27-,28-,29+,30+,31+,32+,33+,37?,38+,39+,40-,41-,42-/m1/s1. The maximum Gasteiger partial charge on any atom is 0.397 e. The Morgan fingerprint density at radius 3 is 0.923 bits per heavy atom. The summed E-state index contributed by atoms with van der Waals surface area (Å²) in [6, 6.07) is -6.71. The minimum atomic E-state index is -5.86. The number of hydrogen-bond acceptors (Lipinski definition) is 37. The van der Waals surface area contributed by atoms with Crippen LogP contribution in [0.15, 0.2) is 0 Å². The zero-order chi connectivity index (χ0) is 68.4. The predicted octanol–water partition coefficient (Wildman–Crippen LogP) is -13.9. The van der Waals surface area contributed by atoms with Gasteiger partial charge in [0.25, 0.3) is 0 Å². The second kappa shape index (κ2) is 30.5. The first-order chi connectivity index (χ1) is 42.1. The lowest BCUT2D eigenvalue weighted by molar-refractivity contribution is -0.375. The molecule has 20 N–H and O–H groups in total. The van der Waals surface area contributed by atoms with Crippen molar-refractivity contribution >= 4 is 66.8 Å². The molecule has 3 amide bonds. The van der Waals surface area contributed by atoms with Crippen LogP contribution in [0.4, 0.5) is 0 Å². The number of carboxylic acids is 3. The molecule has 0 aromatic rings. The molecule has 0 aromatic heterocycles. The molecule has 6 rings (SSSR count). The predicted molar refractivity (Wildman–Crippen MR) is 267 cm³/mol. The van der Waals surface area contributed by atoms with Gasteiger partial charge in [-0.25, -0.2) is 26.9 Å². The van der Waals surface area contributed by atoms with Gasteiger partial charge in [-0.15, -0.1) is 0 Å². The second-order valence-corrected chi connectivity index (χ2v) is 23.7. The van der Waals surface area contributed by atoms with E-state index in [2.05, 4.69) is 24.3 Å². The summed E-state index contributed by atoms with van der Waals surface area (Å²) in [5.74, 6) is -9.82. The van der Waals surface area contributed by atoms with Crippen LogP contribution in [0, 0.1) is 0 Å².